The highest BCUT2D eigenvalue weighted by atomic mass is 32.1. The lowest BCUT2D eigenvalue weighted by Gasteiger charge is -2.27. The van der Waals surface area contributed by atoms with Crippen molar-refractivity contribution < 1.29 is 4.79 Å². The third kappa shape index (κ3) is 2.05. The molecule has 0 spiro atoms. The van der Waals surface area contributed by atoms with E-state index in [1.165, 1.54) is 0 Å². The van der Waals surface area contributed by atoms with Crippen LogP contribution in [-0.2, 0) is 11.2 Å². The fraction of sp³-hybridized carbons (Fsp3) is 0.455. The number of thiazole rings is 1. The molecule has 1 aliphatic heterocycles. The Morgan fingerprint density at radius 2 is 2.29 bits per heavy atom. The summed E-state index contributed by atoms with van der Waals surface area (Å²) < 4.78 is 1.99. The molecule has 17 heavy (non-hydrogen) atoms. The van der Waals surface area contributed by atoms with Gasteiger partial charge in [0.05, 0.1) is 6.42 Å². The Kier molecular flexibility index (Phi) is 2.82. The SMILES string of the molecule is O=C(Cc1csc2nccn12)N1CCNCC1. The van der Waals surface area contributed by atoms with Gasteiger partial charge in [0.2, 0.25) is 5.91 Å². The highest BCUT2D eigenvalue weighted by molar-refractivity contribution is 7.15. The summed E-state index contributed by atoms with van der Waals surface area (Å²) >= 11 is 1.58. The molecule has 6 heteroatoms. The van der Waals surface area contributed by atoms with Gasteiger partial charge in [0, 0.05) is 49.6 Å². The van der Waals surface area contributed by atoms with Gasteiger partial charge in [-0.1, -0.05) is 0 Å². The quantitative estimate of drug-likeness (QED) is 0.838. The van der Waals surface area contributed by atoms with Gasteiger partial charge >= 0.3 is 0 Å². The van der Waals surface area contributed by atoms with Crippen molar-refractivity contribution in [3.63, 3.8) is 0 Å². The first-order valence-electron chi connectivity index (χ1n) is 5.72. The maximum atomic E-state index is 12.1. The normalized spacial score (nSPS) is 16.6. The molecule has 0 aliphatic carbocycles. The van der Waals surface area contributed by atoms with Crippen LogP contribution in [0, 0.1) is 0 Å². The fourth-order valence-electron chi connectivity index (χ4n) is 2.08. The van der Waals surface area contributed by atoms with Gasteiger partial charge in [-0.3, -0.25) is 9.20 Å². The number of rotatable bonds is 2. The predicted octanol–water partition coefficient (Wildman–Crippen LogP) is 0.370. The lowest BCUT2D eigenvalue weighted by molar-refractivity contribution is -0.131. The highest BCUT2D eigenvalue weighted by Crippen LogP contribution is 2.15. The average Bonchev–Trinajstić information content (AvgIpc) is 2.95. The van der Waals surface area contributed by atoms with Gasteiger partial charge in [-0.2, -0.15) is 0 Å². The summed E-state index contributed by atoms with van der Waals surface area (Å²) in [4.78, 5) is 19.2. The number of aromatic nitrogens is 2. The standard InChI is InChI=1S/C11H14N4OS/c16-10(14-4-1-12-2-5-14)7-9-8-17-11-13-3-6-15(9)11/h3,6,8,12H,1-2,4-5,7H2. The molecule has 0 aromatic carbocycles. The first kappa shape index (κ1) is 10.7. The number of amides is 1. The molecular formula is C11H14N4OS. The van der Waals surface area contributed by atoms with E-state index in [0.29, 0.717) is 6.42 Å². The van der Waals surface area contributed by atoms with Crippen LogP contribution in [0.1, 0.15) is 5.69 Å². The van der Waals surface area contributed by atoms with Crippen molar-refractivity contribution in [2.45, 2.75) is 6.42 Å². The molecule has 3 rings (SSSR count). The second-order valence-corrected chi connectivity index (χ2v) is 4.95. The van der Waals surface area contributed by atoms with Crippen LogP contribution in [0.2, 0.25) is 0 Å². The molecular weight excluding hydrogens is 236 g/mol. The lowest BCUT2D eigenvalue weighted by atomic mass is 10.2. The zero-order valence-electron chi connectivity index (χ0n) is 9.43. The molecule has 1 N–H and O–H groups in total. The first-order chi connectivity index (χ1) is 8.34. The minimum Gasteiger partial charge on any atom is -0.340 e. The van der Waals surface area contributed by atoms with E-state index < -0.39 is 0 Å². The van der Waals surface area contributed by atoms with Gasteiger partial charge in [0.25, 0.3) is 0 Å². The summed E-state index contributed by atoms with van der Waals surface area (Å²) in [5, 5.41) is 5.26. The number of hydrogen-bond donors (Lipinski definition) is 1. The van der Waals surface area contributed by atoms with Crippen molar-refractivity contribution in [2.75, 3.05) is 26.2 Å². The average molecular weight is 250 g/mol. The predicted molar refractivity (Wildman–Crippen MR) is 66.2 cm³/mol. The van der Waals surface area contributed by atoms with E-state index >= 15 is 0 Å². The zero-order valence-corrected chi connectivity index (χ0v) is 10.2. The van der Waals surface area contributed by atoms with Crippen molar-refractivity contribution in [1.29, 1.82) is 0 Å². The monoisotopic (exact) mass is 250 g/mol. The first-order valence-corrected chi connectivity index (χ1v) is 6.60. The summed E-state index contributed by atoms with van der Waals surface area (Å²) in [6.07, 6.45) is 4.15. The summed E-state index contributed by atoms with van der Waals surface area (Å²) in [5.74, 6) is 0.208. The summed E-state index contributed by atoms with van der Waals surface area (Å²) in [6.45, 7) is 3.43. The number of nitrogens with zero attached hydrogens (tertiary/aromatic N) is 3. The number of fused-ring (bicyclic) bond motifs is 1. The Morgan fingerprint density at radius 1 is 1.47 bits per heavy atom. The topological polar surface area (TPSA) is 49.6 Å². The Bertz CT molecular complexity index is 526. The molecule has 90 valence electrons. The van der Waals surface area contributed by atoms with Crippen LogP contribution in [0.15, 0.2) is 17.8 Å². The summed E-state index contributed by atoms with van der Waals surface area (Å²) in [5.41, 5.74) is 1.03. The number of carbonyl (C=O) groups excluding carboxylic acids is 1. The molecule has 2 aromatic heterocycles. The van der Waals surface area contributed by atoms with Crippen LogP contribution in [0.3, 0.4) is 0 Å². The molecule has 1 amide bonds. The minimum absolute atomic E-state index is 0.208. The highest BCUT2D eigenvalue weighted by Gasteiger charge is 2.17. The van der Waals surface area contributed by atoms with Gasteiger partial charge in [0.15, 0.2) is 4.96 Å². The van der Waals surface area contributed by atoms with Crippen LogP contribution in [0.5, 0.6) is 0 Å². The third-order valence-corrected chi connectivity index (χ3v) is 3.92. The van der Waals surface area contributed by atoms with Crippen molar-refractivity contribution in [3.05, 3.63) is 23.5 Å². The van der Waals surface area contributed by atoms with Gasteiger partial charge in [0.1, 0.15) is 0 Å². The Labute approximate surface area is 103 Å². The number of hydrogen-bond acceptors (Lipinski definition) is 4. The zero-order chi connectivity index (χ0) is 11.7. The number of piperazine rings is 1. The van der Waals surface area contributed by atoms with E-state index in [0.717, 1.165) is 36.8 Å². The maximum absolute atomic E-state index is 12.1. The van der Waals surface area contributed by atoms with Gasteiger partial charge in [-0.05, 0) is 0 Å². The third-order valence-electron chi connectivity index (χ3n) is 3.02. The van der Waals surface area contributed by atoms with Crippen molar-refractivity contribution in [3.8, 4) is 0 Å². The van der Waals surface area contributed by atoms with Crippen LogP contribution in [0.25, 0.3) is 4.96 Å². The second kappa shape index (κ2) is 4.46. The molecule has 1 fully saturated rings. The number of nitrogens with one attached hydrogen (secondary N) is 1. The molecule has 5 nitrogen and oxygen atoms in total. The molecule has 1 aliphatic rings. The molecule has 0 atom stereocenters. The molecule has 0 saturated carbocycles. The van der Waals surface area contributed by atoms with Crippen LogP contribution < -0.4 is 5.32 Å². The number of carbonyl (C=O) groups is 1. The smallest absolute Gasteiger partial charge is 0.228 e. The lowest BCUT2D eigenvalue weighted by Crippen LogP contribution is -2.47. The molecule has 1 saturated heterocycles. The van der Waals surface area contributed by atoms with Crippen molar-refractivity contribution in [2.24, 2.45) is 0 Å². The second-order valence-electron chi connectivity index (χ2n) is 4.11. The van der Waals surface area contributed by atoms with Crippen molar-refractivity contribution in [1.82, 2.24) is 19.6 Å². The van der Waals surface area contributed by atoms with Gasteiger partial charge < -0.3 is 10.2 Å². The molecule has 2 aromatic rings. The van der Waals surface area contributed by atoms with Gasteiger partial charge in [-0.25, -0.2) is 4.98 Å². The Balaban J connectivity index is 1.74. The van der Waals surface area contributed by atoms with E-state index in [1.54, 1.807) is 17.5 Å². The summed E-state index contributed by atoms with van der Waals surface area (Å²) in [6, 6.07) is 0. The van der Waals surface area contributed by atoms with E-state index in [4.69, 9.17) is 0 Å². The maximum Gasteiger partial charge on any atom is 0.228 e. The summed E-state index contributed by atoms with van der Waals surface area (Å²) in [7, 11) is 0. The van der Waals surface area contributed by atoms with Crippen molar-refractivity contribution >= 4 is 22.2 Å². The Hall–Kier alpha value is -1.40. The van der Waals surface area contributed by atoms with Crippen LogP contribution in [-0.4, -0.2) is 46.4 Å². The molecule has 0 bridgehead atoms. The Morgan fingerprint density at radius 3 is 3.12 bits per heavy atom. The van der Waals surface area contributed by atoms with E-state index in [1.807, 2.05) is 20.9 Å². The van der Waals surface area contributed by atoms with Crippen LogP contribution in [0.4, 0.5) is 0 Å². The van der Waals surface area contributed by atoms with Gasteiger partial charge in [-0.15, -0.1) is 11.3 Å². The number of imidazole rings is 1. The minimum atomic E-state index is 0.208. The molecule has 3 heterocycles. The van der Waals surface area contributed by atoms with Crippen LogP contribution >= 0.6 is 11.3 Å². The van der Waals surface area contributed by atoms with E-state index in [-0.39, 0.29) is 5.91 Å². The fourth-order valence-corrected chi connectivity index (χ4v) is 2.93. The van der Waals surface area contributed by atoms with E-state index in [2.05, 4.69) is 10.3 Å². The molecule has 0 radical (unpaired) electrons. The largest absolute Gasteiger partial charge is 0.340 e. The molecule has 0 unspecified atom stereocenters. The van der Waals surface area contributed by atoms with E-state index in [9.17, 15) is 4.79 Å².